The van der Waals surface area contributed by atoms with Gasteiger partial charge in [-0.2, -0.15) is 9.30 Å². The summed E-state index contributed by atoms with van der Waals surface area (Å²) in [4.78, 5) is 17.0. The predicted molar refractivity (Wildman–Crippen MR) is 122 cm³/mol. The third kappa shape index (κ3) is 4.49. The van der Waals surface area contributed by atoms with Gasteiger partial charge in [0.25, 0.3) is 5.91 Å². The molecule has 0 radical (unpaired) electrons. The van der Waals surface area contributed by atoms with E-state index in [1.807, 2.05) is 6.92 Å². The number of carbonyl (C=O) groups excluding carboxylic acids is 1. The topological polar surface area (TPSA) is 71.7 Å². The number of aromatic nitrogens is 1. The molecule has 0 N–H and O–H groups in total. The lowest BCUT2D eigenvalue weighted by atomic mass is 10.1. The van der Waals surface area contributed by atoms with Crippen LogP contribution < -0.4 is 4.80 Å². The van der Waals surface area contributed by atoms with Crippen LogP contribution in [0.1, 0.15) is 36.5 Å². The summed E-state index contributed by atoms with van der Waals surface area (Å²) in [6.45, 7) is 2.30. The molecular weight excluding hydrogens is 468 g/mol. The Bertz CT molecular complexity index is 1430. The quantitative estimate of drug-likeness (QED) is 0.522. The largest absolute Gasteiger partial charge is 0.302 e. The van der Waals surface area contributed by atoms with Gasteiger partial charge in [-0.1, -0.05) is 23.7 Å². The maximum atomic E-state index is 14.3. The molecule has 0 bridgehead atoms. The Kier molecular flexibility index (Phi) is 6.47. The lowest BCUT2D eigenvalue weighted by Crippen LogP contribution is -2.41. The minimum atomic E-state index is -3.66. The molecule has 1 aromatic heterocycles. The summed E-state index contributed by atoms with van der Waals surface area (Å²) in [7, 11) is -3.66. The van der Waals surface area contributed by atoms with Crippen molar-refractivity contribution >= 4 is 37.5 Å². The summed E-state index contributed by atoms with van der Waals surface area (Å²) < 4.78 is 57.0. The fourth-order valence-corrected chi connectivity index (χ4v) is 6.70. The smallest absolute Gasteiger partial charge is 0.279 e. The number of thiazole rings is 1. The zero-order valence-electron chi connectivity index (χ0n) is 17.8. The number of carbonyl (C=O) groups is 1. The fourth-order valence-electron chi connectivity index (χ4n) is 3.94. The predicted octanol–water partition coefficient (Wildman–Crippen LogP) is 3.92. The maximum absolute atomic E-state index is 14.3. The first-order valence-electron chi connectivity index (χ1n) is 10.3. The minimum Gasteiger partial charge on any atom is -0.302 e. The molecule has 1 unspecified atom stereocenters. The van der Waals surface area contributed by atoms with E-state index in [2.05, 4.69) is 10.9 Å². The van der Waals surface area contributed by atoms with Gasteiger partial charge in [0.05, 0.1) is 21.7 Å². The summed E-state index contributed by atoms with van der Waals surface area (Å²) in [6.07, 6.45) is 8.00. The normalized spacial score (nSPS) is 17.9. The van der Waals surface area contributed by atoms with E-state index in [4.69, 9.17) is 6.42 Å². The van der Waals surface area contributed by atoms with Gasteiger partial charge in [0.1, 0.15) is 5.82 Å². The molecular formula is C23H21F2N3O3S2. The third-order valence-electron chi connectivity index (χ3n) is 5.59. The van der Waals surface area contributed by atoms with Crippen molar-refractivity contribution in [3.63, 3.8) is 0 Å². The number of rotatable bonds is 4. The molecule has 0 aliphatic carbocycles. The number of nitrogens with zero attached hydrogens (tertiary/aromatic N) is 3. The van der Waals surface area contributed by atoms with E-state index in [0.717, 1.165) is 42.7 Å². The summed E-state index contributed by atoms with van der Waals surface area (Å²) in [6, 6.07) is 7.38. The summed E-state index contributed by atoms with van der Waals surface area (Å²) in [5, 5.41) is 0. The number of hydrogen-bond acceptors (Lipinski definition) is 4. The minimum absolute atomic E-state index is 0.0557. The van der Waals surface area contributed by atoms with Crippen LogP contribution in [0.25, 0.3) is 10.2 Å². The van der Waals surface area contributed by atoms with Gasteiger partial charge in [0.2, 0.25) is 10.0 Å². The molecule has 1 amide bonds. The highest BCUT2D eigenvalue weighted by Gasteiger charge is 2.30. The van der Waals surface area contributed by atoms with E-state index in [0.29, 0.717) is 6.54 Å². The molecule has 4 rings (SSSR count). The van der Waals surface area contributed by atoms with Crippen molar-refractivity contribution in [1.82, 2.24) is 8.87 Å². The number of terminal acetylenes is 1. The van der Waals surface area contributed by atoms with Crippen molar-refractivity contribution in [1.29, 1.82) is 0 Å². The molecule has 33 heavy (non-hydrogen) atoms. The summed E-state index contributed by atoms with van der Waals surface area (Å²) in [5.74, 6) is 0.190. The molecule has 1 saturated heterocycles. The highest BCUT2D eigenvalue weighted by atomic mass is 32.2. The third-order valence-corrected chi connectivity index (χ3v) is 8.64. The molecule has 3 aromatic rings. The number of sulfonamides is 1. The second-order valence-electron chi connectivity index (χ2n) is 7.81. The van der Waals surface area contributed by atoms with Gasteiger partial charge in [0.15, 0.2) is 10.6 Å². The van der Waals surface area contributed by atoms with Gasteiger partial charge in [0, 0.05) is 24.2 Å². The first kappa shape index (κ1) is 23.3. The van der Waals surface area contributed by atoms with Gasteiger partial charge >= 0.3 is 0 Å². The molecule has 10 heteroatoms. The van der Waals surface area contributed by atoms with Gasteiger partial charge in [-0.3, -0.25) is 4.79 Å². The molecule has 172 valence electrons. The molecule has 0 saturated carbocycles. The van der Waals surface area contributed by atoms with Crippen LogP contribution >= 0.6 is 11.3 Å². The second kappa shape index (κ2) is 9.17. The number of hydrogen-bond donors (Lipinski definition) is 0. The van der Waals surface area contributed by atoms with Crippen molar-refractivity contribution < 1.29 is 22.0 Å². The van der Waals surface area contributed by atoms with Crippen LogP contribution in [-0.4, -0.2) is 35.8 Å². The van der Waals surface area contributed by atoms with Gasteiger partial charge in [-0.05, 0) is 50.1 Å². The van der Waals surface area contributed by atoms with Gasteiger partial charge in [-0.15, -0.1) is 6.42 Å². The highest BCUT2D eigenvalue weighted by Crippen LogP contribution is 2.26. The molecule has 6 nitrogen and oxygen atoms in total. The highest BCUT2D eigenvalue weighted by molar-refractivity contribution is 7.89. The molecule has 1 aliphatic heterocycles. The van der Waals surface area contributed by atoms with E-state index >= 15 is 0 Å². The Morgan fingerprint density at radius 2 is 1.97 bits per heavy atom. The van der Waals surface area contributed by atoms with Crippen LogP contribution in [-0.2, 0) is 16.6 Å². The molecule has 1 fully saturated rings. The van der Waals surface area contributed by atoms with Gasteiger partial charge in [-0.25, -0.2) is 17.2 Å². The fraction of sp³-hybridized carbons (Fsp3) is 0.304. The Balaban J connectivity index is 1.68. The van der Waals surface area contributed by atoms with Crippen molar-refractivity contribution in [2.45, 2.75) is 43.7 Å². The average Bonchev–Trinajstić information content (AvgIpc) is 3.11. The van der Waals surface area contributed by atoms with E-state index in [9.17, 15) is 22.0 Å². The van der Waals surface area contributed by atoms with E-state index in [1.165, 1.54) is 33.1 Å². The first-order valence-corrected chi connectivity index (χ1v) is 12.6. The van der Waals surface area contributed by atoms with Crippen molar-refractivity contribution in [3.8, 4) is 12.3 Å². The Labute approximate surface area is 194 Å². The van der Waals surface area contributed by atoms with Crippen molar-refractivity contribution in [2.75, 3.05) is 6.54 Å². The van der Waals surface area contributed by atoms with Crippen molar-refractivity contribution in [2.24, 2.45) is 4.99 Å². The number of halogens is 2. The van der Waals surface area contributed by atoms with E-state index in [-0.39, 0.29) is 38.1 Å². The molecule has 1 aliphatic rings. The number of amides is 1. The molecule has 0 spiro atoms. The van der Waals surface area contributed by atoms with Crippen molar-refractivity contribution in [3.05, 3.63) is 58.4 Å². The summed E-state index contributed by atoms with van der Waals surface area (Å²) >= 11 is 0.939. The number of fused-ring (bicyclic) bond motifs is 1. The lowest BCUT2D eigenvalue weighted by Gasteiger charge is -2.32. The summed E-state index contributed by atoms with van der Waals surface area (Å²) in [5.41, 5.74) is 0.236. The standard InChI is InChI=1S/C23H21F2N3O3S2/c1-3-11-27-21-19(25)13-17(24)14-20(21)32-23(27)26-22(29)16-7-9-18(10-8-16)33(30,31)28-12-5-4-6-15(28)2/h1,7-10,13-15H,4-6,11-12H2,2H3. The zero-order chi connectivity index (χ0) is 23.8. The Hall–Kier alpha value is -2.87. The number of benzene rings is 2. The van der Waals surface area contributed by atoms with E-state index in [1.54, 1.807) is 0 Å². The van der Waals surface area contributed by atoms with Crippen LogP contribution in [0, 0.1) is 24.0 Å². The Morgan fingerprint density at radius 3 is 2.64 bits per heavy atom. The number of piperidine rings is 1. The average molecular weight is 490 g/mol. The van der Waals surface area contributed by atoms with Gasteiger partial charge < -0.3 is 4.57 Å². The SMILES string of the molecule is C#CCn1c(=NC(=O)c2ccc(S(=O)(=O)N3CCCCC3C)cc2)sc2cc(F)cc(F)c21. The van der Waals surface area contributed by atoms with Crippen LogP contribution in [0.4, 0.5) is 8.78 Å². The van der Waals surface area contributed by atoms with Crippen LogP contribution in [0.3, 0.4) is 0 Å². The monoisotopic (exact) mass is 489 g/mol. The second-order valence-corrected chi connectivity index (χ2v) is 10.7. The van der Waals surface area contributed by atoms with Crippen LogP contribution in [0.5, 0.6) is 0 Å². The molecule has 1 atom stereocenters. The van der Waals surface area contributed by atoms with E-state index < -0.39 is 27.6 Å². The molecule has 2 heterocycles. The zero-order valence-corrected chi connectivity index (χ0v) is 19.4. The molecule has 2 aromatic carbocycles. The lowest BCUT2D eigenvalue weighted by molar-refractivity contribution is 0.0997. The Morgan fingerprint density at radius 1 is 1.24 bits per heavy atom. The first-order chi connectivity index (χ1) is 15.7. The van der Waals surface area contributed by atoms with Crippen LogP contribution in [0.2, 0.25) is 0 Å². The van der Waals surface area contributed by atoms with Crippen LogP contribution in [0.15, 0.2) is 46.3 Å². The maximum Gasteiger partial charge on any atom is 0.279 e.